The molecule has 0 amide bonds. The fraction of sp³-hybridized carbons (Fsp3) is 0.0588. The maximum atomic E-state index is 10.9. The Morgan fingerprint density at radius 2 is 1.76 bits per heavy atom. The van der Waals surface area contributed by atoms with E-state index in [-0.39, 0.29) is 0 Å². The van der Waals surface area contributed by atoms with E-state index >= 15 is 0 Å². The van der Waals surface area contributed by atoms with Gasteiger partial charge < -0.3 is 4.79 Å². The van der Waals surface area contributed by atoms with Crippen molar-refractivity contribution in [3.8, 4) is 16.9 Å². The minimum Gasteiger partial charge on any atom is -0.303 e. The molecule has 0 bridgehead atoms. The van der Waals surface area contributed by atoms with Gasteiger partial charge in [0, 0.05) is 22.6 Å². The van der Waals surface area contributed by atoms with Gasteiger partial charge in [0.25, 0.3) is 0 Å². The Bertz CT molecular complexity index is 748. The van der Waals surface area contributed by atoms with E-state index in [1.807, 2.05) is 59.3 Å². The Labute approximate surface area is 127 Å². The molecular formula is C17H13ClN2O. The van der Waals surface area contributed by atoms with E-state index in [9.17, 15) is 4.79 Å². The lowest BCUT2D eigenvalue weighted by Crippen LogP contribution is -2.00. The highest BCUT2D eigenvalue weighted by Gasteiger charge is 2.13. The predicted octanol–water partition coefficient (Wildman–Crippen LogP) is 3.93. The fourth-order valence-electron chi connectivity index (χ4n) is 2.30. The van der Waals surface area contributed by atoms with Crippen molar-refractivity contribution in [2.24, 2.45) is 0 Å². The Kier molecular flexibility index (Phi) is 3.84. The number of hydrogen-bond donors (Lipinski definition) is 0. The Balaban J connectivity index is 2.18. The number of nitrogens with zero attached hydrogens (tertiary/aromatic N) is 2. The van der Waals surface area contributed by atoms with Crippen LogP contribution in [0.15, 0.2) is 60.8 Å². The number of aldehydes is 1. The van der Waals surface area contributed by atoms with Gasteiger partial charge in [-0.15, -0.1) is 0 Å². The number of rotatable bonds is 4. The molecule has 0 radical (unpaired) electrons. The van der Waals surface area contributed by atoms with Gasteiger partial charge in [-0.3, -0.25) is 0 Å². The van der Waals surface area contributed by atoms with Crippen molar-refractivity contribution >= 4 is 17.9 Å². The van der Waals surface area contributed by atoms with Crippen LogP contribution in [0.4, 0.5) is 0 Å². The van der Waals surface area contributed by atoms with Crippen LogP contribution in [0.5, 0.6) is 0 Å². The van der Waals surface area contributed by atoms with Crippen LogP contribution in [0.1, 0.15) is 5.56 Å². The van der Waals surface area contributed by atoms with E-state index in [2.05, 4.69) is 5.10 Å². The summed E-state index contributed by atoms with van der Waals surface area (Å²) >= 11 is 5.95. The average molecular weight is 297 g/mol. The standard InChI is InChI=1S/C17H13ClN2O/c18-15-8-6-13(7-9-15)17-14(10-11-21)12-19-20(17)16-4-2-1-3-5-16/h1-9,11-12H,10H2. The minimum absolute atomic E-state index is 0.338. The van der Waals surface area contributed by atoms with Gasteiger partial charge in [0.05, 0.1) is 17.6 Å². The minimum atomic E-state index is 0.338. The molecule has 0 aliphatic rings. The number of aromatic nitrogens is 2. The zero-order valence-corrected chi connectivity index (χ0v) is 12.0. The molecular weight excluding hydrogens is 284 g/mol. The van der Waals surface area contributed by atoms with Crippen LogP contribution >= 0.6 is 11.6 Å². The fourth-order valence-corrected chi connectivity index (χ4v) is 2.43. The van der Waals surface area contributed by atoms with Gasteiger partial charge in [0.2, 0.25) is 0 Å². The third-order valence-corrected chi connectivity index (χ3v) is 3.52. The summed E-state index contributed by atoms with van der Waals surface area (Å²) in [4.78, 5) is 10.9. The summed E-state index contributed by atoms with van der Waals surface area (Å²) in [5.74, 6) is 0. The summed E-state index contributed by atoms with van der Waals surface area (Å²) in [6, 6.07) is 17.4. The molecule has 1 heterocycles. The quantitative estimate of drug-likeness (QED) is 0.684. The molecule has 104 valence electrons. The van der Waals surface area contributed by atoms with Crippen molar-refractivity contribution in [2.75, 3.05) is 0 Å². The molecule has 0 atom stereocenters. The Hall–Kier alpha value is -2.39. The number of benzene rings is 2. The van der Waals surface area contributed by atoms with Gasteiger partial charge in [-0.25, -0.2) is 4.68 Å². The topological polar surface area (TPSA) is 34.9 Å². The molecule has 0 saturated heterocycles. The molecule has 0 unspecified atom stereocenters. The van der Waals surface area contributed by atoms with Crippen molar-refractivity contribution in [1.82, 2.24) is 9.78 Å². The third-order valence-electron chi connectivity index (χ3n) is 3.27. The van der Waals surface area contributed by atoms with E-state index in [4.69, 9.17) is 11.6 Å². The lowest BCUT2D eigenvalue weighted by Gasteiger charge is -2.09. The van der Waals surface area contributed by atoms with Crippen LogP contribution in [0.2, 0.25) is 5.02 Å². The molecule has 0 spiro atoms. The molecule has 3 aromatic rings. The van der Waals surface area contributed by atoms with E-state index < -0.39 is 0 Å². The monoisotopic (exact) mass is 296 g/mol. The molecule has 21 heavy (non-hydrogen) atoms. The third kappa shape index (κ3) is 2.73. The SMILES string of the molecule is O=CCc1cnn(-c2ccccc2)c1-c1ccc(Cl)cc1. The average Bonchev–Trinajstić information content (AvgIpc) is 2.93. The van der Waals surface area contributed by atoms with Crippen molar-refractivity contribution < 1.29 is 4.79 Å². The van der Waals surface area contributed by atoms with E-state index in [1.165, 1.54) is 0 Å². The summed E-state index contributed by atoms with van der Waals surface area (Å²) in [5.41, 5.74) is 3.76. The summed E-state index contributed by atoms with van der Waals surface area (Å²) in [6.45, 7) is 0. The zero-order valence-electron chi connectivity index (χ0n) is 11.2. The predicted molar refractivity (Wildman–Crippen MR) is 83.8 cm³/mol. The number of para-hydroxylation sites is 1. The number of halogens is 1. The zero-order chi connectivity index (χ0) is 14.7. The van der Waals surface area contributed by atoms with Gasteiger partial charge >= 0.3 is 0 Å². The molecule has 2 aromatic carbocycles. The van der Waals surface area contributed by atoms with E-state index in [0.717, 1.165) is 28.8 Å². The van der Waals surface area contributed by atoms with Crippen LogP contribution in [0.25, 0.3) is 16.9 Å². The van der Waals surface area contributed by atoms with Crippen molar-refractivity contribution in [1.29, 1.82) is 0 Å². The molecule has 3 rings (SSSR count). The lowest BCUT2D eigenvalue weighted by molar-refractivity contribution is -0.107. The molecule has 0 saturated carbocycles. The van der Waals surface area contributed by atoms with Crippen LogP contribution < -0.4 is 0 Å². The van der Waals surface area contributed by atoms with Gasteiger partial charge in [-0.05, 0) is 24.3 Å². The highest BCUT2D eigenvalue weighted by Crippen LogP contribution is 2.27. The van der Waals surface area contributed by atoms with Crippen molar-refractivity contribution in [2.45, 2.75) is 6.42 Å². The number of hydrogen-bond acceptors (Lipinski definition) is 2. The van der Waals surface area contributed by atoms with Crippen LogP contribution in [0, 0.1) is 0 Å². The maximum absolute atomic E-state index is 10.9. The van der Waals surface area contributed by atoms with Crippen LogP contribution in [-0.2, 0) is 11.2 Å². The molecule has 0 aliphatic carbocycles. The second-order valence-corrected chi connectivity index (χ2v) is 5.08. The maximum Gasteiger partial charge on any atom is 0.124 e. The molecule has 0 N–H and O–H groups in total. The number of carbonyl (C=O) groups is 1. The molecule has 0 fully saturated rings. The van der Waals surface area contributed by atoms with Gasteiger partial charge in [-0.2, -0.15) is 5.10 Å². The normalized spacial score (nSPS) is 10.5. The summed E-state index contributed by atoms with van der Waals surface area (Å²) < 4.78 is 1.85. The number of carbonyl (C=O) groups excluding carboxylic acids is 1. The van der Waals surface area contributed by atoms with Crippen molar-refractivity contribution in [3.05, 3.63) is 71.4 Å². The second kappa shape index (κ2) is 5.94. The molecule has 3 nitrogen and oxygen atoms in total. The second-order valence-electron chi connectivity index (χ2n) is 4.64. The highest BCUT2D eigenvalue weighted by atomic mass is 35.5. The first-order chi connectivity index (χ1) is 10.3. The molecule has 1 aromatic heterocycles. The lowest BCUT2D eigenvalue weighted by atomic mass is 10.1. The first-order valence-electron chi connectivity index (χ1n) is 6.61. The van der Waals surface area contributed by atoms with Gasteiger partial charge in [0.15, 0.2) is 0 Å². The largest absolute Gasteiger partial charge is 0.303 e. The molecule has 0 aliphatic heterocycles. The van der Waals surface area contributed by atoms with E-state index in [0.29, 0.717) is 11.4 Å². The highest BCUT2D eigenvalue weighted by molar-refractivity contribution is 6.30. The van der Waals surface area contributed by atoms with Crippen LogP contribution in [0.3, 0.4) is 0 Å². The van der Waals surface area contributed by atoms with Crippen molar-refractivity contribution in [3.63, 3.8) is 0 Å². The first-order valence-corrected chi connectivity index (χ1v) is 6.99. The smallest absolute Gasteiger partial charge is 0.124 e. The Morgan fingerprint density at radius 3 is 2.43 bits per heavy atom. The van der Waals surface area contributed by atoms with Crippen LogP contribution in [-0.4, -0.2) is 16.1 Å². The van der Waals surface area contributed by atoms with E-state index in [1.54, 1.807) is 6.20 Å². The van der Waals surface area contributed by atoms with Gasteiger partial charge in [0.1, 0.15) is 6.29 Å². The summed E-state index contributed by atoms with van der Waals surface area (Å²) in [6.07, 6.45) is 2.97. The Morgan fingerprint density at radius 1 is 1.05 bits per heavy atom. The summed E-state index contributed by atoms with van der Waals surface area (Å²) in [7, 11) is 0. The summed E-state index contributed by atoms with van der Waals surface area (Å²) in [5, 5.41) is 5.11. The first kappa shape index (κ1) is 13.6. The van der Waals surface area contributed by atoms with Gasteiger partial charge in [-0.1, -0.05) is 41.9 Å². The molecule has 4 heteroatoms.